The van der Waals surface area contributed by atoms with Crippen LogP contribution in [-0.4, -0.2) is 22.7 Å². The molecule has 5 nitrogen and oxygen atoms in total. The molecule has 0 aromatic carbocycles. The molecule has 0 aliphatic carbocycles. The van der Waals surface area contributed by atoms with Crippen molar-refractivity contribution >= 4 is 11.8 Å². The number of nitrogens with two attached hydrogens (primary N) is 1. The zero-order valence-electron chi connectivity index (χ0n) is 7.43. The molecule has 0 radical (unpaired) electrons. The van der Waals surface area contributed by atoms with Crippen molar-refractivity contribution in [2.45, 2.75) is 12.3 Å². The van der Waals surface area contributed by atoms with Crippen LogP contribution >= 0.6 is 0 Å². The molecule has 1 aromatic rings. The number of hydrogen-bond donors (Lipinski definition) is 2. The van der Waals surface area contributed by atoms with Crippen molar-refractivity contribution < 1.29 is 14.6 Å². The van der Waals surface area contributed by atoms with Crippen molar-refractivity contribution in [2.75, 3.05) is 12.3 Å². The average Bonchev–Trinajstić information content (AvgIpc) is 2.47. The van der Waals surface area contributed by atoms with Crippen LogP contribution in [0.2, 0.25) is 0 Å². The third-order valence-corrected chi connectivity index (χ3v) is 2.22. The number of ether oxygens (including phenoxy) is 1. The highest BCUT2D eigenvalue weighted by Gasteiger charge is 2.26. The fraction of sp³-hybridized carbons (Fsp3) is 0.333. The molecule has 1 aliphatic rings. The van der Waals surface area contributed by atoms with Gasteiger partial charge < -0.3 is 15.6 Å². The van der Waals surface area contributed by atoms with E-state index in [-0.39, 0.29) is 12.3 Å². The van der Waals surface area contributed by atoms with E-state index in [0.29, 0.717) is 18.2 Å². The molecule has 0 unspecified atom stereocenters. The van der Waals surface area contributed by atoms with Gasteiger partial charge in [-0.15, -0.1) is 0 Å². The lowest BCUT2D eigenvalue weighted by atomic mass is 10.00. The first-order chi connectivity index (χ1) is 6.66. The summed E-state index contributed by atoms with van der Waals surface area (Å²) in [5.41, 5.74) is 6.30. The average molecular weight is 194 g/mol. The predicted molar refractivity (Wildman–Crippen MR) is 49.1 cm³/mol. The van der Waals surface area contributed by atoms with Gasteiger partial charge >= 0.3 is 5.97 Å². The van der Waals surface area contributed by atoms with Crippen molar-refractivity contribution in [1.82, 2.24) is 4.98 Å². The molecular weight excluding hydrogens is 184 g/mol. The first-order valence-corrected chi connectivity index (χ1v) is 4.27. The van der Waals surface area contributed by atoms with E-state index in [2.05, 4.69) is 4.98 Å². The van der Waals surface area contributed by atoms with Gasteiger partial charge in [-0.1, -0.05) is 0 Å². The lowest BCUT2D eigenvalue weighted by molar-refractivity contribution is -0.137. The van der Waals surface area contributed by atoms with E-state index in [1.807, 2.05) is 0 Å². The fourth-order valence-electron chi connectivity index (χ4n) is 1.55. The summed E-state index contributed by atoms with van der Waals surface area (Å²) in [5, 5.41) is 8.65. The third kappa shape index (κ3) is 1.48. The normalized spacial score (nSPS) is 18.7. The van der Waals surface area contributed by atoms with Gasteiger partial charge in [-0.2, -0.15) is 0 Å². The number of hydrogen-bond acceptors (Lipinski definition) is 4. The van der Waals surface area contributed by atoms with Crippen molar-refractivity contribution in [2.24, 2.45) is 0 Å². The van der Waals surface area contributed by atoms with Gasteiger partial charge in [0.1, 0.15) is 11.6 Å². The molecular formula is C9H10N2O3. The Morgan fingerprint density at radius 1 is 1.79 bits per heavy atom. The number of carbonyl (C=O) groups is 1. The van der Waals surface area contributed by atoms with Gasteiger partial charge in [0.2, 0.25) is 0 Å². The molecule has 14 heavy (non-hydrogen) atoms. The molecule has 0 amide bonds. The SMILES string of the molecule is Nc1cc2c(cn1)[C@@H](CC(=O)O)CO2. The summed E-state index contributed by atoms with van der Waals surface area (Å²) in [6.45, 7) is 0.396. The van der Waals surface area contributed by atoms with Crippen LogP contribution in [0.1, 0.15) is 17.9 Å². The second-order valence-electron chi connectivity index (χ2n) is 3.25. The Balaban J connectivity index is 2.26. The monoisotopic (exact) mass is 194 g/mol. The van der Waals surface area contributed by atoms with Crippen molar-refractivity contribution in [3.8, 4) is 5.75 Å². The Morgan fingerprint density at radius 2 is 2.57 bits per heavy atom. The molecule has 1 atom stereocenters. The number of aliphatic carboxylic acids is 1. The van der Waals surface area contributed by atoms with Crippen LogP contribution in [0.3, 0.4) is 0 Å². The highest BCUT2D eigenvalue weighted by atomic mass is 16.5. The fourth-order valence-corrected chi connectivity index (χ4v) is 1.55. The second-order valence-corrected chi connectivity index (χ2v) is 3.25. The lowest BCUT2D eigenvalue weighted by Crippen LogP contribution is -2.07. The number of pyridine rings is 1. The molecule has 3 N–H and O–H groups in total. The first kappa shape index (κ1) is 8.80. The molecule has 74 valence electrons. The van der Waals surface area contributed by atoms with Crippen LogP contribution in [0.4, 0.5) is 5.82 Å². The van der Waals surface area contributed by atoms with Gasteiger partial charge in [0.25, 0.3) is 0 Å². The van der Waals surface area contributed by atoms with Crippen LogP contribution in [0.15, 0.2) is 12.3 Å². The number of fused-ring (bicyclic) bond motifs is 1. The maximum absolute atomic E-state index is 10.5. The Morgan fingerprint density at radius 3 is 3.29 bits per heavy atom. The molecule has 2 rings (SSSR count). The number of aromatic nitrogens is 1. The topological polar surface area (TPSA) is 85.4 Å². The summed E-state index contributed by atoms with van der Waals surface area (Å²) in [4.78, 5) is 14.4. The zero-order valence-corrected chi connectivity index (χ0v) is 7.43. The van der Waals surface area contributed by atoms with Crippen molar-refractivity contribution in [3.63, 3.8) is 0 Å². The number of rotatable bonds is 2. The maximum atomic E-state index is 10.5. The Labute approximate surface area is 80.5 Å². The number of carboxylic acids is 1. The molecule has 1 aromatic heterocycles. The Hall–Kier alpha value is -1.78. The zero-order chi connectivity index (χ0) is 10.1. The summed E-state index contributed by atoms with van der Waals surface area (Å²) in [5.74, 6) is 0.113. The van der Waals surface area contributed by atoms with Crippen LogP contribution in [0.25, 0.3) is 0 Å². The number of anilines is 1. The van der Waals surface area contributed by atoms with Gasteiger partial charge in [0, 0.05) is 23.7 Å². The highest BCUT2D eigenvalue weighted by molar-refractivity contribution is 5.68. The van der Waals surface area contributed by atoms with Crippen molar-refractivity contribution in [1.29, 1.82) is 0 Å². The van der Waals surface area contributed by atoms with Gasteiger partial charge in [-0.25, -0.2) is 4.98 Å². The minimum atomic E-state index is -0.830. The molecule has 0 spiro atoms. The Bertz CT molecular complexity index is 378. The standard InChI is InChI=1S/C9H10N2O3/c10-8-2-7-6(3-11-8)5(4-14-7)1-9(12)13/h2-3,5H,1,4H2,(H2,10,11)(H,12,13)/t5-/m0/s1. The van der Waals surface area contributed by atoms with Crippen LogP contribution < -0.4 is 10.5 Å². The van der Waals surface area contributed by atoms with Crippen LogP contribution in [0, 0.1) is 0 Å². The van der Waals surface area contributed by atoms with Gasteiger partial charge in [0.15, 0.2) is 0 Å². The van der Waals surface area contributed by atoms with E-state index in [1.54, 1.807) is 12.3 Å². The minimum absolute atomic E-state index is 0.0681. The molecule has 2 heterocycles. The lowest BCUT2D eigenvalue weighted by Gasteiger charge is -2.03. The minimum Gasteiger partial charge on any atom is -0.492 e. The van der Waals surface area contributed by atoms with E-state index in [4.69, 9.17) is 15.6 Å². The third-order valence-electron chi connectivity index (χ3n) is 2.22. The largest absolute Gasteiger partial charge is 0.492 e. The Kier molecular flexibility index (Phi) is 1.99. The van der Waals surface area contributed by atoms with E-state index in [9.17, 15) is 4.79 Å². The maximum Gasteiger partial charge on any atom is 0.304 e. The molecule has 0 saturated carbocycles. The quantitative estimate of drug-likeness (QED) is 0.720. The predicted octanol–water partition coefficient (Wildman–Crippen LogP) is 0.615. The summed E-state index contributed by atoms with van der Waals surface area (Å²) < 4.78 is 5.31. The first-order valence-electron chi connectivity index (χ1n) is 4.27. The number of nitrogen functional groups attached to an aromatic ring is 1. The van der Waals surface area contributed by atoms with Gasteiger partial charge in [-0.3, -0.25) is 4.79 Å². The number of nitrogens with zero attached hydrogens (tertiary/aromatic N) is 1. The van der Waals surface area contributed by atoms with Gasteiger partial charge in [0.05, 0.1) is 13.0 Å². The molecule has 5 heteroatoms. The summed E-state index contributed by atoms with van der Waals surface area (Å²) >= 11 is 0. The smallest absolute Gasteiger partial charge is 0.304 e. The van der Waals surface area contributed by atoms with E-state index < -0.39 is 5.97 Å². The van der Waals surface area contributed by atoms with E-state index in [0.717, 1.165) is 5.56 Å². The highest BCUT2D eigenvalue weighted by Crippen LogP contribution is 2.35. The summed E-state index contributed by atoms with van der Waals surface area (Å²) in [7, 11) is 0. The summed E-state index contributed by atoms with van der Waals surface area (Å²) in [6, 6.07) is 1.62. The van der Waals surface area contributed by atoms with Crippen LogP contribution in [-0.2, 0) is 4.79 Å². The molecule has 0 fully saturated rings. The molecule has 0 bridgehead atoms. The summed E-state index contributed by atoms with van der Waals surface area (Å²) in [6.07, 6.45) is 1.66. The van der Waals surface area contributed by atoms with Crippen LogP contribution in [0.5, 0.6) is 5.75 Å². The van der Waals surface area contributed by atoms with Gasteiger partial charge in [-0.05, 0) is 0 Å². The number of carboxylic acid groups (broad SMARTS) is 1. The van der Waals surface area contributed by atoms with E-state index >= 15 is 0 Å². The van der Waals surface area contributed by atoms with E-state index in [1.165, 1.54) is 0 Å². The molecule has 1 aliphatic heterocycles. The second kappa shape index (κ2) is 3.17. The van der Waals surface area contributed by atoms with Crippen molar-refractivity contribution in [3.05, 3.63) is 17.8 Å². The molecule has 0 saturated heterocycles.